The van der Waals surface area contributed by atoms with E-state index in [2.05, 4.69) is 30.9 Å². The lowest BCUT2D eigenvalue weighted by atomic mass is 9.99. The van der Waals surface area contributed by atoms with Crippen LogP contribution in [0.1, 0.15) is 21.6 Å². The fourth-order valence-electron chi connectivity index (χ4n) is 2.84. The molecule has 2 aromatic heterocycles. The van der Waals surface area contributed by atoms with E-state index < -0.39 is 0 Å². The minimum atomic E-state index is -0.0758. The van der Waals surface area contributed by atoms with E-state index in [0.717, 1.165) is 27.0 Å². The van der Waals surface area contributed by atoms with Gasteiger partial charge in [0, 0.05) is 40.4 Å². The SMILES string of the molecule is O=C(c1csc(-c2cnccn2)n1)N1CCc2c(Cl)cc(Br)cc2C1. The summed E-state index contributed by atoms with van der Waals surface area (Å²) in [6, 6.07) is 3.91. The molecule has 0 atom stereocenters. The molecule has 0 saturated carbocycles. The Balaban J connectivity index is 1.57. The Hall–Kier alpha value is -1.83. The van der Waals surface area contributed by atoms with Gasteiger partial charge in [0.15, 0.2) is 0 Å². The molecular weight excluding hydrogens is 424 g/mol. The molecule has 3 heterocycles. The molecule has 8 heteroatoms. The van der Waals surface area contributed by atoms with Gasteiger partial charge in [0.25, 0.3) is 5.91 Å². The molecule has 25 heavy (non-hydrogen) atoms. The first-order valence-electron chi connectivity index (χ1n) is 7.60. The molecule has 1 aromatic carbocycles. The lowest BCUT2D eigenvalue weighted by Gasteiger charge is -2.29. The van der Waals surface area contributed by atoms with Gasteiger partial charge < -0.3 is 4.90 Å². The predicted molar refractivity (Wildman–Crippen MR) is 101 cm³/mol. The fraction of sp³-hybridized carbons (Fsp3) is 0.176. The smallest absolute Gasteiger partial charge is 0.273 e. The van der Waals surface area contributed by atoms with Crippen LogP contribution in [0.2, 0.25) is 5.02 Å². The van der Waals surface area contributed by atoms with Gasteiger partial charge in [-0.2, -0.15) is 0 Å². The first-order valence-corrected chi connectivity index (χ1v) is 9.65. The Morgan fingerprint density at radius 2 is 2.20 bits per heavy atom. The highest BCUT2D eigenvalue weighted by atomic mass is 79.9. The Morgan fingerprint density at radius 3 is 3.00 bits per heavy atom. The zero-order valence-electron chi connectivity index (χ0n) is 12.9. The molecule has 0 saturated heterocycles. The molecule has 0 N–H and O–H groups in total. The number of amides is 1. The molecule has 126 valence electrons. The molecular formula is C17H12BrClN4OS. The number of carbonyl (C=O) groups is 1. The number of thiazole rings is 1. The molecule has 0 radical (unpaired) electrons. The zero-order chi connectivity index (χ0) is 17.4. The number of aromatic nitrogens is 3. The number of halogens is 2. The number of benzene rings is 1. The minimum absolute atomic E-state index is 0.0758. The van der Waals surface area contributed by atoms with E-state index in [1.807, 2.05) is 12.1 Å². The van der Waals surface area contributed by atoms with Gasteiger partial charge in [-0.3, -0.25) is 14.8 Å². The first kappa shape index (κ1) is 16.6. The molecule has 1 amide bonds. The highest BCUT2D eigenvalue weighted by Crippen LogP contribution is 2.31. The topological polar surface area (TPSA) is 59.0 Å². The van der Waals surface area contributed by atoms with Crippen molar-refractivity contribution < 1.29 is 4.79 Å². The van der Waals surface area contributed by atoms with E-state index in [4.69, 9.17) is 11.6 Å². The van der Waals surface area contributed by atoms with Crippen LogP contribution in [0.5, 0.6) is 0 Å². The third-order valence-corrected chi connectivity index (χ3v) is 5.70. The summed E-state index contributed by atoms with van der Waals surface area (Å²) < 4.78 is 0.921. The van der Waals surface area contributed by atoms with E-state index in [1.165, 1.54) is 11.3 Å². The van der Waals surface area contributed by atoms with Crippen molar-refractivity contribution in [3.8, 4) is 10.7 Å². The zero-order valence-corrected chi connectivity index (χ0v) is 16.1. The average molecular weight is 436 g/mol. The summed E-state index contributed by atoms with van der Waals surface area (Å²) in [5.41, 5.74) is 3.30. The van der Waals surface area contributed by atoms with E-state index in [0.29, 0.717) is 29.5 Å². The largest absolute Gasteiger partial charge is 0.333 e. The molecule has 0 bridgehead atoms. The van der Waals surface area contributed by atoms with E-state index in [-0.39, 0.29) is 5.91 Å². The first-order chi connectivity index (χ1) is 12.1. The third-order valence-electron chi connectivity index (χ3n) is 4.04. The van der Waals surface area contributed by atoms with Crippen LogP contribution in [0.15, 0.2) is 40.6 Å². The Kier molecular flexibility index (Phi) is 4.54. The maximum atomic E-state index is 12.8. The Labute approximate surface area is 161 Å². The van der Waals surface area contributed by atoms with Crippen molar-refractivity contribution in [2.24, 2.45) is 0 Å². The van der Waals surface area contributed by atoms with Gasteiger partial charge in [0.1, 0.15) is 16.4 Å². The van der Waals surface area contributed by atoms with Crippen LogP contribution in [0.25, 0.3) is 10.7 Å². The van der Waals surface area contributed by atoms with Crippen LogP contribution in [-0.4, -0.2) is 32.3 Å². The van der Waals surface area contributed by atoms with Gasteiger partial charge in [-0.15, -0.1) is 11.3 Å². The molecule has 4 rings (SSSR count). The Morgan fingerprint density at radius 1 is 1.32 bits per heavy atom. The number of rotatable bonds is 2. The summed E-state index contributed by atoms with van der Waals surface area (Å²) in [4.78, 5) is 27.3. The van der Waals surface area contributed by atoms with Gasteiger partial charge in [0.05, 0.1) is 6.20 Å². The summed E-state index contributed by atoms with van der Waals surface area (Å²) in [7, 11) is 0. The van der Waals surface area contributed by atoms with E-state index in [1.54, 1.807) is 28.9 Å². The number of fused-ring (bicyclic) bond motifs is 1. The molecule has 0 aliphatic carbocycles. The number of hydrogen-bond donors (Lipinski definition) is 0. The maximum absolute atomic E-state index is 12.8. The van der Waals surface area contributed by atoms with Crippen LogP contribution < -0.4 is 0 Å². The van der Waals surface area contributed by atoms with Crippen LogP contribution in [0.3, 0.4) is 0 Å². The minimum Gasteiger partial charge on any atom is -0.333 e. The summed E-state index contributed by atoms with van der Waals surface area (Å²) in [5.74, 6) is -0.0758. The molecule has 1 aliphatic heterocycles. The number of carbonyl (C=O) groups excluding carboxylic acids is 1. The molecule has 5 nitrogen and oxygen atoms in total. The van der Waals surface area contributed by atoms with Crippen molar-refractivity contribution in [2.45, 2.75) is 13.0 Å². The van der Waals surface area contributed by atoms with Gasteiger partial charge >= 0.3 is 0 Å². The summed E-state index contributed by atoms with van der Waals surface area (Å²) in [6.07, 6.45) is 5.61. The van der Waals surface area contributed by atoms with Crippen LogP contribution in [0.4, 0.5) is 0 Å². The summed E-state index contributed by atoms with van der Waals surface area (Å²) >= 11 is 11.2. The lowest BCUT2D eigenvalue weighted by molar-refractivity contribution is 0.0729. The molecule has 3 aromatic rings. The second-order valence-electron chi connectivity index (χ2n) is 5.63. The van der Waals surface area contributed by atoms with Crippen LogP contribution >= 0.6 is 38.9 Å². The number of hydrogen-bond acceptors (Lipinski definition) is 5. The van der Waals surface area contributed by atoms with E-state index >= 15 is 0 Å². The fourth-order valence-corrected chi connectivity index (χ4v) is 4.57. The second kappa shape index (κ2) is 6.82. The van der Waals surface area contributed by atoms with Gasteiger partial charge in [0.2, 0.25) is 0 Å². The summed E-state index contributed by atoms with van der Waals surface area (Å²) in [5, 5.41) is 3.21. The van der Waals surface area contributed by atoms with Crippen molar-refractivity contribution in [1.29, 1.82) is 0 Å². The van der Waals surface area contributed by atoms with Crippen molar-refractivity contribution in [2.75, 3.05) is 6.54 Å². The standard InChI is InChI=1S/C17H12BrClN4OS/c18-11-5-10-8-23(4-1-12(10)13(19)6-11)17(24)15-9-25-16(22-15)14-7-20-2-3-21-14/h2-3,5-7,9H,1,4,8H2. The van der Waals surface area contributed by atoms with Crippen LogP contribution in [-0.2, 0) is 13.0 Å². The second-order valence-corrected chi connectivity index (χ2v) is 7.81. The molecule has 0 unspecified atom stereocenters. The monoisotopic (exact) mass is 434 g/mol. The molecule has 0 fully saturated rings. The van der Waals surface area contributed by atoms with Crippen molar-refractivity contribution >= 4 is 44.8 Å². The molecule has 1 aliphatic rings. The van der Waals surface area contributed by atoms with Gasteiger partial charge in [-0.1, -0.05) is 27.5 Å². The average Bonchev–Trinajstić information content (AvgIpc) is 3.11. The normalized spacial score (nSPS) is 13.6. The maximum Gasteiger partial charge on any atom is 0.273 e. The van der Waals surface area contributed by atoms with Crippen molar-refractivity contribution in [3.63, 3.8) is 0 Å². The van der Waals surface area contributed by atoms with Crippen molar-refractivity contribution in [3.05, 3.63) is 62.4 Å². The Bertz CT molecular complexity index is 947. The van der Waals surface area contributed by atoms with E-state index in [9.17, 15) is 4.79 Å². The van der Waals surface area contributed by atoms with Gasteiger partial charge in [-0.05, 0) is 29.7 Å². The molecule has 0 spiro atoms. The number of nitrogens with zero attached hydrogens (tertiary/aromatic N) is 4. The highest BCUT2D eigenvalue weighted by Gasteiger charge is 2.25. The predicted octanol–water partition coefficient (Wildman–Crippen LogP) is 4.21. The van der Waals surface area contributed by atoms with Crippen LogP contribution in [0, 0.1) is 0 Å². The highest BCUT2D eigenvalue weighted by molar-refractivity contribution is 9.10. The third kappa shape index (κ3) is 3.31. The quantitative estimate of drug-likeness (QED) is 0.605. The summed E-state index contributed by atoms with van der Waals surface area (Å²) in [6.45, 7) is 1.16. The lowest BCUT2D eigenvalue weighted by Crippen LogP contribution is -2.36. The van der Waals surface area contributed by atoms with Crippen molar-refractivity contribution in [1.82, 2.24) is 19.9 Å². The van der Waals surface area contributed by atoms with Gasteiger partial charge in [-0.25, -0.2) is 4.98 Å².